The Morgan fingerprint density at radius 3 is 2.53 bits per heavy atom. The summed E-state index contributed by atoms with van der Waals surface area (Å²) in [6, 6.07) is 15.5. The summed E-state index contributed by atoms with van der Waals surface area (Å²) >= 11 is 0. The molecule has 0 bridgehead atoms. The first-order chi connectivity index (χ1) is 18.4. The van der Waals surface area contributed by atoms with E-state index in [4.69, 9.17) is 0 Å². The number of hydrogen-bond donors (Lipinski definition) is 2. The number of urea groups is 1. The summed E-state index contributed by atoms with van der Waals surface area (Å²) in [4.78, 5) is 36.8. The van der Waals surface area contributed by atoms with E-state index >= 15 is 0 Å². The van der Waals surface area contributed by atoms with Crippen molar-refractivity contribution in [2.45, 2.75) is 95.9 Å². The van der Waals surface area contributed by atoms with Crippen LogP contribution in [0.1, 0.15) is 71.3 Å². The van der Waals surface area contributed by atoms with Crippen LogP contribution in [0.4, 0.5) is 4.79 Å². The molecule has 1 aromatic carbocycles. The predicted molar refractivity (Wildman–Crippen MR) is 153 cm³/mol. The van der Waals surface area contributed by atoms with Gasteiger partial charge in [-0.2, -0.15) is 0 Å². The molecule has 2 N–H and O–H groups in total. The highest BCUT2D eigenvalue weighted by Crippen LogP contribution is 2.39. The highest BCUT2D eigenvalue weighted by molar-refractivity contribution is 5.75. The minimum atomic E-state index is -0.0301. The van der Waals surface area contributed by atoms with Crippen molar-refractivity contribution in [3.8, 4) is 11.3 Å². The molecule has 7 heteroatoms. The minimum Gasteiger partial charge on any atom is -0.322 e. The van der Waals surface area contributed by atoms with Crippen molar-refractivity contribution in [2.24, 2.45) is 0 Å². The molecule has 2 unspecified atom stereocenters. The molecule has 3 heterocycles. The Hall–Kier alpha value is -2.64. The monoisotopic (exact) mass is 519 g/mol. The molecule has 1 aromatic heterocycles. The molecule has 0 radical (unpaired) electrons. The Labute approximate surface area is 227 Å². The molecular formula is C31H45N5O2. The zero-order chi connectivity index (χ0) is 26.7. The lowest BCUT2D eigenvalue weighted by molar-refractivity contribution is -0.00243. The van der Waals surface area contributed by atoms with Crippen molar-refractivity contribution in [3.63, 3.8) is 0 Å². The van der Waals surface area contributed by atoms with Gasteiger partial charge in [0.25, 0.3) is 5.56 Å². The SMILES string of the molecule is CCC1CC(NC(C)C)CCN1C(=O)N1CCN(Cc2ccc(-c3ccccc3)[nH]c2=O)C2(CCCC2)C1. The molecule has 3 fully saturated rings. The van der Waals surface area contributed by atoms with Crippen LogP contribution in [0.5, 0.6) is 0 Å². The highest BCUT2D eigenvalue weighted by Gasteiger charge is 2.46. The third-order valence-electron chi connectivity index (χ3n) is 9.04. The fourth-order valence-electron chi connectivity index (χ4n) is 7.04. The second kappa shape index (κ2) is 11.6. The molecule has 38 heavy (non-hydrogen) atoms. The molecule has 1 saturated carbocycles. The van der Waals surface area contributed by atoms with Crippen molar-refractivity contribution in [1.29, 1.82) is 0 Å². The normalized spacial score (nSPS) is 23.9. The van der Waals surface area contributed by atoms with E-state index in [1.165, 1.54) is 12.8 Å². The number of aromatic nitrogens is 1. The Morgan fingerprint density at radius 1 is 1.08 bits per heavy atom. The van der Waals surface area contributed by atoms with Gasteiger partial charge in [-0.15, -0.1) is 0 Å². The first kappa shape index (κ1) is 26.9. The van der Waals surface area contributed by atoms with E-state index in [0.29, 0.717) is 24.7 Å². The molecular weight excluding hydrogens is 474 g/mol. The van der Waals surface area contributed by atoms with Gasteiger partial charge in [-0.05, 0) is 43.7 Å². The Bertz CT molecular complexity index is 1140. The van der Waals surface area contributed by atoms with Crippen molar-refractivity contribution < 1.29 is 4.79 Å². The second-order valence-corrected chi connectivity index (χ2v) is 11.9. The van der Waals surface area contributed by atoms with Crippen LogP contribution in [0.15, 0.2) is 47.3 Å². The summed E-state index contributed by atoms with van der Waals surface area (Å²) in [5.41, 5.74) is 2.63. The molecule has 5 rings (SSSR count). The number of likely N-dealkylation sites (tertiary alicyclic amines) is 1. The Kier molecular flexibility index (Phi) is 8.24. The van der Waals surface area contributed by atoms with E-state index in [2.05, 4.69) is 45.8 Å². The zero-order valence-corrected chi connectivity index (χ0v) is 23.4. The van der Waals surface area contributed by atoms with Gasteiger partial charge in [0.15, 0.2) is 0 Å². The van der Waals surface area contributed by atoms with E-state index in [-0.39, 0.29) is 17.1 Å². The van der Waals surface area contributed by atoms with Crippen molar-refractivity contribution in [3.05, 3.63) is 58.4 Å². The van der Waals surface area contributed by atoms with Gasteiger partial charge < -0.3 is 20.1 Å². The number of nitrogens with zero attached hydrogens (tertiary/aromatic N) is 3. The van der Waals surface area contributed by atoms with Gasteiger partial charge >= 0.3 is 6.03 Å². The molecule has 7 nitrogen and oxygen atoms in total. The van der Waals surface area contributed by atoms with Crippen LogP contribution in [-0.2, 0) is 6.54 Å². The number of rotatable bonds is 6. The van der Waals surface area contributed by atoms with E-state index in [9.17, 15) is 9.59 Å². The Morgan fingerprint density at radius 2 is 1.84 bits per heavy atom. The third kappa shape index (κ3) is 5.69. The van der Waals surface area contributed by atoms with Gasteiger partial charge in [-0.3, -0.25) is 9.69 Å². The Balaban J connectivity index is 1.28. The number of H-pyrrole nitrogens is 1. The molecule has 3 aliphatic rings. The van der Waals surface area contributed by atoms with Crippen LogP contribution in [0.2, 0.25) is 0 Å². The van der Waals surface area contributed by atoms with Gasteiger partial charge in [-0.25, -0.2) is 4.79 Å². The van der Waals surface area contributed by atoms with Crippen LogP contribution in [-0.4, -0.2) is 75.6 Å². The van der Waals surface area contributed by atoms with Crippen LogP contribution >= 0.6 is 0 Å². The summed E-state index contributed by atoms with van der Waals surface area (Å²) in [6.45, 7) is 10.4. The lowest BCUT2D eigenvalue weighted by atomic mass is 9.90. The number of pyridine rings is 1. The maximum Gasteiger partial charge on any atom is 0.320 e. The van der Waals surface area contributed by atoms with E-state index in [1.807, 2.05) is 42.5 Å². The van der Waals surface area contributed by atoms with Crippen LogP contribution in [0.3, 0.4) is 0 Å². The molecule has 2 aliphatic heterocycles. The van der Waals surface area contributed by atoms with Gasteiger partial charge in [0.05, 0.1) is 0 Å². The predicted octanol–water partition coefficient (Wildman–Crippen LogP) is 4.83. The number of hydrogen-bond acceptors (Lipinski definition) is 4. The molecule has 1 aliphatic carbocycles. The van der Waals surface area contributed by atoms with E-state index < -0.39 is 0 Å². The highest BCUT2D eigenvalue weighted by atomic mass is 16.2. The smallest absolute Gasteiger partial charge is 0.320 e. The lowest BCUT2D eigenvalue weighted by Crippen LogP contribution is -2.65. The van der Waals surface area contributed by atoms with Crippen LogP contribution in [0, 0.1) is 0 Å². The number of amides is 2. The summed E-state index contributed by atoms with van der Waals surface area (Å²) in [6.07, 6.45) is 7.61. The maximum atomic E-state index is 13.8. The fraction of sp³-hybridized carbons (Fsp3) is 0.613. The van der Waals surface area contributed by atoms with Crippen molar-refractivity contribution in [1.82, 2.24) is 25.0 Å². The summed E-state index contributed by atoms with van der Waals surface area (Å²) in [5.74, 6) is 0. The zero-order valence-electron chi connectivity index (χ0n) is 23.4. The number of piperazine rings is 1. The summed E-state index contributed by atoms with van der Waals surface area (Å²) < 4.78 is 0. The van der Waals surface area contributed by atoms with Gasteiger partial charge in [0.2, 0.25) is 0 Å². The number of carbonyl (C=O) groups is 1. The molecule has 2 amide bonds. The first-order valence-corrected chi connectivity index (χ1v) is 14.7. The number of nitrogens with one attached hydrogen (secondary N) is 2. The van der Waals surface area contributed by atoms with Gasteiger partial charge in [-0.1, -0.05) is 70.0 Å². The average molecular weight is 520 g/mol. The third-order valence-corrected chi connectivity index (χ3v) is 9.04. The van der Waals surface area contributed by atoms with Crippen molar-refractivity contribution >= 4 is 6.03 Å². The molecule has 2 saturated heterocycles. The van der Waals surface area contributed by atoms with Gasteiger partial charge in [0, 0.05) is 67.6 Å². The molecule has 2 aromatic rings. The van der Waals surface area contributed by atoms with E-state index in [0.717, 1.165) is 75.1 Å². The second-order valence-electron chi connectivity index (χ2n) is 11.9. The number of benzene rings is 1. The molecule has 2 atom stereocenters. The molecule has 206 valence electrons. The largest absolute Gasteiger partial charge is 0.322 e. The average Bonchev–Trinajstić information content (AvgIpc) is 3.39. The molecule has 1 spiro atoms. The maximum absolute atomic E-state index is 13.8. The first-order valence-electron chi connectivity index (χ1n) is 14.7. The fourth-order valence-corrected chi connectivity index (χ4v) is 7.04. The number of aromatic amines is 1. The van der Waals surface area contributed by atoms with E-state index in [1.54, 1.807) is 0 Å². The lowest BCUT2D eigenvalue weighted by Gasteiger charge is -2.51. The topological polar surface area (TPSA) is 71.7 Å². The van der Waals surface area contributed by atoms with Crippen LogP contribution < -0.4 is 10.9 Å². The summed E-state index contributed by atoms with van der Waals surface area (Å²) in [7, 11) is 0. The standard InChI is InChI=1S/C31H45N5O2/c1-4-27-20-26(32-23(2)3)14-17-36(27)30(38)34-18-19-35(31(22-34)15-8-9-16-31)21-25-12-13-28(33-29(25)37)24-10-6-5-7-11-24/h5-7,10-13,23,26-27,32H,4,8-9,14-22H2,1-3H3,(H,33,37). The summed E-state index contributed by atoms with van der Waals surface area (Å²) in [5, 5.41) is 3.68. The van der Waals surface area contributed by atoms with Crippen molar-refractivity contribution in [2.75, 3.05) is 26.2 Å². The van der Waals surface area contributed by atoms with Crippen LogP contribution in [0.25, 0.3) is 11.3 Å². The minimum absolute atomic E-state index is 0.0123. The quantitative estimate of drug-likeness (QED) is 0.573. The van der Waals surface area contributed by atoms with Gasteiger partial charge in [0.1, 0.15) is 0 Å². The number of piperidine rings is 1. The number of carbonyl (C=O) groups excluding carboxylic acids is 1.